The number of carbonyl (C=O) groups is 1. The fourth-order valence-corrected chi connectivity index (χ4v) is 10.2. The predicted molar refractivity (Wildman–Crippen MR) is 143 cm³/mol. The first-order valence-corrected chi connectivity index (χ1v) is 15.4. The van der Waals surface area contributed by atoms with Gasteiger partial charge in [0.2, 0.25) is 0 Å². The molecule has 0 radical (unpaired) electrons. The molecule has 40 heavy (non-hydrogen) atoms. The van der Waals surface area contributed by atoms with Crippen molar-refractivity contribution in [2.45, 2.75) is 128 Å². The summed E-state index contributed by atoms with van der Waals surface area (Å²) in [5.74, 6) is 0.287. The number of hydrogen-bond donors (Lipinski definition) is 7. The highest BCUT2D eigenvalue weighted by atomic mass is 16.7. The van der Waals surface area contributed by atoms with Crippen LogP contribution in [0, 0.1) is 46.3 Å². The highest BCUT2D eigenvalue weighted by Gasteiger charge is 2.65. The van der Waals surface area contributed by atoms with Gasteiger partial charge in [0.25, 0.3) is 0 Å². The van der Waals surface area contributed by atoms with Crippen molar-refractivity contribution in [1.82, 2.24) is 0 Å². The lowest BCUT2D eigenvalue weighted by atomic mass is 9.43. The van der Waals surface area contributed by atoms with Crippen LogP contribution in [-0.2, 0) is 14.3 Å². The molecule has 0 aromatic carbocycles. The van der Waals surface area contributed by atoms with E-state index in [2.05, 4.69) is 20.8 Å². The molecule has 5 fully saturated rings. The predicted octanol–water partition coefficient (Wildman–Crippen LogP) is 1.27. The second-order valence-electron chi connectivity index (χ2n) is 14.3. The number of carboxylic acids is 1. The zero-order valence-electron chi connectivity index (χ0n) is 24.0. The highest BCUT2D eigenvalue weighted by molar-refractivity contribution is 5.66. The first kappa shape index (κ1) is 30.6. The van der Waals surface area contributed by atoms with Crippen molar-refractivity contribution in [3.8, 4) is 0 Å². The van der Waals surface area contributed by atoms with Crippen LogP contribution < -0.4 is 0 Å². The molecular weight excluding hydrogens is 520 g/mol. The minimum atomic E-state index is -1.51. The molecule has 0 unspecified atom stereocenters. The average molecular weight is 571 g/mol. The molecule has 10 nitrogen and oxygen atoms in total. The molecule has 16 atom stereocenters. The van der Waals surface area contributed by atoms with Crippen LogP contribution in [0.5, 0.6) is 0 Å². The van der Waals surface area contributed by atoms with E-state index in [1.165, 1.54) is 0 Å². The van der Waals surface area contributed by atoms with Crippen molar-refractivity contribution in [2.24, 2.45) is 46.3 Å². The van der Waals surface area contributed by atoms with Crippen LogP contribution >= 0.6 is 0 Å². The van der Waals surface area contributed by atoms with Gasteiger partial charge < -0.3 is 45.2 Å². The molecule has 0 aromatic rings. The van der Waals surface area contributed by atoms with Crippen LogP contribution in [-0.4, -0.2) is 97.3 Å². The maximum atomic E-state index is 11.6. The molecule has 7 N–H and O–H groups in total. The third-order valence-electron chi connectivity index (χ3n) is 12.5. The molecule has 5 aliphatic rings. The Morgan fingerprint density at radius 1 is 0.875 bits per heavy atom. The lowest BCUT2D eigenvalue weighted by Gasteiger charge is -2.64. The van der Waals surface area contributed by atoms with E-state index in [0.29, 0.717) is 31.1 Å². The van der Waals surface area contributed by atoms with Crippen molar-refractivity contribution in [3.05, 3.63) is 0 Å². The first-order valence-electron chi connectivity index (χ1n) is 15.4. The monoisotopic (exact) mass is 570 g/mol. The van der Waals surface area contributed by atoms with Gasteiger partial charge in [-0.05, 0) is 97.7 Å². The summed E-state index contributed by atoms with van der Waals surface area (Å²) < 4.78 is 11.7. The fraction of sp³-hybridized carbons (Fsp3) is 0.967. The van der Waals surface area contributed by atoms with Crippen molar-refractivity contribution in [3.63, 3.8) is 0 Å². The lowest BCUT2D eigenvalue weighted by Crippen LogP contribution is -2.65. The third-order valence-corrected chi connectivity index (χ3v) is 12.5. The summed E-state index contributed by atoms with van der Waals surface area (Å²) in [7, 11) is 0. The molecule has 230 valence electrons. The van der Waals surface area contributed by atoms with Gasteiger partial charge in [0.05, 0.1) is 24.9 Å². The number of aliphatic carboxylic acids is 1. The zero-order valence-corrected chi connectivity index (χ0v) is 24.0. The van der Waals surface area contributed by atoms with E-state index >= 15 is 0 Å². The smallest absolute Gasteiger partial charge is 0.303 e. The molecule has 0 bridgehead atoms. The van der Waals surface area contributed by atoms with Crippen molar-refractivity contribution < 1.29 is 50.0 Å². The number of fused-ring (bicyclic) bond motifs is 5. The van der Waals surface area contributed by atoms with Crippen molar-refractivity contribution in [2.75, 3.05) is 6.61 Å². The summed E-state index contributed by atoms with van der Waals surface area (Å²) in [5, 5.41) is 72.6. The van der Waals surface area contributed by atoms with E-state index in [1.54, 1.807) is 0 Å². The highest BCUT2D eigenvalue weighted by Crippen LogP contribution is 2.68. The Hall–Kier alpha value is -0.850. The molecule has 0 amide bonds. The van der Waals surface area contributed by atoms with E-state index in [1.807, 2.05) is 0 Å². The van der Waals surface area contributed by atoms with Gasteiger partial charge in [-0.2, -0.15) is 0 Å². The summed E-state index contributed by atoms with van der Waals surface area (Å²) in [6.07, 6.45) is -2.03. The minimum Gasteiger partial charge on any atom is -0.481 e. The maximum absolute atomic E-state index is 11.6. The van der Waals surface area contributed by atoms with Gasteiger partial charge in [-0.1, -0.05) is 20.8 Å². The Morgan fingerprint density at radius 3 is 2.23 bits per heavy atom. The van der Waals surface area contributed by atoms with Crippen LogP contribution in [0.3, 0.4) is 0 Å². The van der Waals surface area contributed by atoms with Crippen LogP contribution in [0.1, 0.15) is 78.6 Å². The van der Waals surface area contributed by atoms with Gasteiger partial charge in [0.1, 0.15) is 24.4 Å². The van der Waals surface area contributed by atoms with E-state index in [-0.39, 0.29) is 47.0 Å². The van der Waals surface area contributed by atoms with Gasteiger partial charge in [-0.25, -0.2) is 0 Å². The topological polar surface area (TPSA) is 177 Å². The van der Waals surface area contributed by atoms with E-state index < -0.39 is 55.5 Å². The fourth-order valence-electron chi connectivity index (χ4n) is 10.2. The SMILES string of the molecule is C[C@H](CCC(=O)O)[C@H]1CC[C@H]2[C@@H]3[C@H](O)[C@H](O)[C@@H]4C[C@H](O[C@@H]5O[C@H](CO)[C@@H](O)[C@H](O)[C@H]5O)CC[C@]4(C)[C@H]3CC[C@]12C. The Labute approximate surface area is 236 Å². The maximum Gasteiger partial charge on any atom is 0.303 e. The zero-order chi connectivity index (χ0) is 29.1. The first-order chi connectivity index (χ1) is 18.8. The summed E-state index contributed by atoms with van der Waals surface area (Å²) >= 11 is 0. The molecule has 1 saturated heterocycles. The molecule has 0 spiro atoms. The molecule has 10 heteroatoms. The lowest BCUT2D eigenvalue weighted by molar-refractivity contribution is -0.319. The van der Waals surface area contributed by atoms with Gasteiger partial charge in [-0.15, -0.1) is 0 Å². The van der Waals surface area contributed by atoms with Gasteiger partial charge >= 0.3 is 5.97 Å². The minimum absolute atomic E-state index is 0.00501. The molecule has 1 aliphatic heterocycles. The largest absolute Gasteiger partial charge is 0.481 e. The standard InChI is InChI=1S/C30H50O10/c1-14(4-7-21(32)33)16-5-6-17-22-18(9-11-29(16,17)2)30(3)10-8-15(12-19(30)23(34)25(22)36)39-28-27(38)26(37)24(35)20(13-31)40-28/h14-20,22-28,31,34-38H,4-13H2,1-3H3,(H,32,33)/t14-,15-,16-,17+,18+,19+,20-,22+,23-,24-,25+,26+,27-,28-,29-,30-/m1/s1. The van der Waals surface area contributed by atoms with Gasteiger partial charge in [0, 0.05) is 6.42 Å². The molecule has 0 aromatic heterocycles. The molecule has 4 saturated carbocycles. The number of aliphatic hydroxyl groups is 6. The third kappa shape index (κ3) is 4.94. The number of rotatable bonds is 7. The Morgan fingerprint density at radius 2 is 1.55 bits per heavy atom. The van der Waals surface area contributed by atoms with Crippen LogP contribution in [0.15, 0.2) is 0 Å². The second kappa shape index (κ2) is 11.3. The molecular formula is C30H50O10. The van der Waals surface area contributed by atoms with E-state index in [4.69, 9.17) is 9.47 Å². The van der Waals surface area contributed by atoms with Crippen molar-refractivity contribution in [1.29, 1.82) is 0 Å². The Kier molecular flexibility index (Phi) is 8.67. The second-order valence-corrected chi connectivity index (χ2v) is 14.3. The number of hydrogen-bond acceptors (Lipinski definition) is 9. The van der Waals surface area contributed by atoms with Crippen LogP contribution in [0.25, 0.3) is 0 Å². The summed E-state index contributed by atoms with van der Waals surface area (Å²) in [6, 6.07) is 0. The van der Waals surface area contributed by atoms with Crippen LogP contribution in [0.4, 0.5) is 0 Å². The normalized spacial score (nSPS) is 53.3. The molecule has 4 aliphatic carbocycles. The van der Waals surface area contributed by atoms with E-state index in [0.717, 1.165) is 32.1 Å². The van der Waals surface area contributed by atoms with Gasteiger partial charge in [0.15, 0.2) is 6.29 Å². The average Bonchev–Trinajstić information content (AvgIpc) is 3.28. The number of aliphatic hydroxyl groups excluding tert-OH is 6. The van der Waals surface area contributed by atoms with Crippen LogP contribution in [0.2, 0.25) is 0 Å². The molecule has 5 rings (SSSR count). The molecule has 1 heterocycles. The Balaban J connectivity index is 1.30. The Bertz CT molecular complexity index is 915. The quantitative estimate of drug-likeness (QED) is 0.221. The van der Waals surface area contributed by atoms with Gasteiger partial charge in [-0.3, -0.25) is 4.79 Å². The summed E-state index contributed by atoms with van der Waals surface area (Å²) in [4.78, 5) is 11.2. The van der Waals surface area contributed by atoms with E-state index in [9.17, 15) is 40.5 Å². The summed E-state index contributed by atoms with van der Waals surface area (Å²) in [6.45, 7) is 6.23. The number of carboxylic acid groups (broad SMARTS) is 1. The number of ether oxygens (including phenoxy) is 2. The van der Waals surface area contributed by atoms with Crippen molar-refractivity contribution >= 4 is 5.97 Å². The summed E-state index contributed by atoms with van der Waals surface area (Å²) in [5.41, 5.74) is -0.167.